The Balaban J connectivity index is 1.93. The predicted octanol–water partition coefficient (Wildman–Crippen LogP) is 3.53. The Morgan fingerprint density at radius 2 is 1.80 bits per heavy atom. The minimum absolute atomic E-state index is 0.243. The van der Waals surface area contributed by atoms with Gasteiger partial charge in [-0.15, -0.1) is 0 Å². The Bertz CT molecular complexity index is 233. The zero-order valence-corrected chi connectivity index (χ0v) is 9.91. The molecule has 2 aliphatic rings. The van der Waals surface area contributed by atoms with E-state index in [2.05, 4.69) is 6.58 Å². The first-order valence-corrected chi connectivity index (χ1v) is 6.52. The first-order valence-electron chi connectivity index (χ1n) is 6.52. The second-order valence-corrected chi connectivity index (χ2v) is 5.67. The lowest BCUT2D eigenvalue weighted by Crippen LogP contribution is -2.33. The van der Waals surface area contributed by atoms with Crippen molar-refractivity contribution < 1.29 is 5.11 Å². The first kappa shape index (κ1) is 11.2. The molecule has 2 aliphatic carbocycles. The molecule has 0 saturated heterocycles. The van der Waals surface area contributed by atoms with E-state index in [4.69, 9.17) is 0 Å². The highest BCUT2D eigenvalue weighted by Gasteiger charge is 2.34. The zero-order valence-electron chi connectivity index (χ0n) is 9.91. The van der Waals surface area contributed by atoms with Gasteiger partial charge in [0.2, 0.25) is 0 Å². The van der Waals surface area contributed by atoms with Crippen LogP contribution in [0.1, 0.15) is 51.9 Å². The summed E-state index contributed by atoms with van der Waals surface area (Å²) in [6.07, 6.45) is 9.28. The van der Waals surface area contributed by atoms with Gasteiger partial charge < -0.3 is 5.11 Å². The average Bonchev–Trinajstić information content (AvgIpc) is 2.27. The highest BCUT2D eigenvalue weighted by Crippen LogP contribution is 2.44. The standard InChI is InChI=1S/C14H24O/c1-10(2)14(15)13-8-7-11-5-3-4-6-12(11)9-13/h11-15H,1,3-9H2,2H3. The third kappa shape index (κ3) is 2.44. The number of hydrogen-bond acceptors (Lipinski definition) is 1. The molecule has 86 valence electrons. The van der Waals surface area contributed by atoms with Gasteiger partial charge in [0.15, 0.2) is 0 Å². The summed E-state index contributed by atoms with van der Waals surface area (Å²) in [4.78, 5) is 0. The second-order valence-electron chi connectivity index (χ2n) is 5.67. The van der Waals surface area contributed by atoms with Gasteiger partial charge in [0.05, 0.1) is 6.10 Å². The van der Waals surface area contributed by atoms with E-state index in [0.29, 0.717) is 5.92 Å². The van der Waals surface area contributed by atoms with Crippen LogP contribution in [-0.2, 0) is 0 Å². The maximum Gasteiger partial charge on any atom is 0.0773 e. The molecule has 4 unspecified atom stereocenters. The molecule has 0 bridgehead atoms. The van der Waals surface area contributed by atoms with Crippen LogP contribution in [0.4, 0.5) is 0 Å². The lowest BCUT2D eigenvalue weighted by atomic mass is 9.66. The molecule has 4 atom stereocenters. The lowest BCUT2D eigenvalue weighted by Gasteiger charge is -2.40. The Labute approximate surface area is 93.6 Å². The van der Waals surface area contributed by atoms with Gasteiger partial charge in [0.1, 0.15) is 0 Å². The quantitative estimate of drug-likeness (QED) is 0.688. The lowest BCUT2D eigenvalue weighted by molar-refractivity contribution is 0.0547. The van der Waals surface area contributed by atoms with Crippen LogP contribution in [0.3, 0.4) is 0 Å². The van der Waals surface area contributed by atoms with Crippen LogP contribution in [-0.4, -0.2) is 11.2 Å². The van der Waals surface area contributed by atoms with Crippen molar-refractivity contribution in [3.63, 3.8) is 0 Å². The molecule has 15 heavy (non-hydrogen) atoms. The van der Waals surface area contributed by atoms with Crippen molar-refractivity contribution in [3.8, 4) is 0 Å². The largest absolute Gasteiger partial charge is 0.388 e. The minimum Gasteiger partial charge on any atom is -0.388 e. The monoisotopic (exact) mass is 208 g/mol. The van der Waals surface area contributed by atoms with Gasteiger partial charge in [-0.25, -0.2) is 0 Å². The summed E-state index contributed by atoms with van der Waals surface area (Å²) in [5, 5.41) is 10.0. The molecular weight excluding hydrogens is 184 g/mol. The maximum absolute atomic E-state index is 10.0. The summed E-state index contributed by atoms with van der Waals surface area (Å²) in [5.41, 5.74) is 0.953. The molecule has 0 heterocycles. The van der Waals surface area contributed by atoms with Gasteiger partial charge in [-0.3, -0.25) is 0 Å². The Morgan fingerprint density at radius 3 is 2.47 bits per heavy atom. The second kappa shape index (κ2) is 4.69. The molecule has 2 saturated carbocycles. The van der Waals surface area contributed by atoms with E-state index in [0.717, 1.165) is 17.4 Å². The van der Waals surface area contributed by atoms with E-state index in [1.165, 1.54) is 44.9 Å². The molecule has 1 N–H and O–H groups in total. The van der Waals surface area contributed by atoms with Crippen molar-refractivity contribution in [1.82, 2.24) is 0 Å². The smallest absolute Gasteiger partial charge is 0.0773 e. The van der Waals surface area contributed by atoms with Crippen LogP contribution in [0, 0.1) is 17.8 Å². The summed E-state index contributed by atoms with van der Waals surface area (Å²) in [6.45, 7) is 5.84. The van der Waals surface area contributed by atoms with Crippen LogP contribution in [0.15, 0.2) is 12.2 Å². The zero-order chi connectivity index (χ0) is 10.8. The number of rotatable bonds is 2. The number of fused-ring (bicyclic) bond motifs is 1. The van der Waals surface area contributed by atoms with Gasteiger partial charge in [0, 0.05) is 0 Å². The summed E-state index contributed by atoms with van der Waals surface area (Å²) >= 11 is 0. The van der Waals surface area contributed by atoms with E-state index in [9.17, 15) is 5.11 Å². The van der Waals surface area contributed by atoms with Crippen molar-refractivity contribution in [2.75, 3.05) is 0 Å². The molecule has 1 heteroatoms. The number of aliphatic hydroxyl groups is 1. The first-order chi connectivity index (χ1) is 7.18. The number of hydrogen-bond donors (Lipinski definition) is 1. The fourth-order valence-electron chi connectivity index (χ4n) is 3.60. The highest BCUT2D eigenvalue weighted by atomic mass is 16.3. The van der Waals surface area contributed by atoms with Crippen molar-refractivity contribution in [2.45, 2.75) is 58.0 Å². The Morgan fingerprint density at radius 1 is 1.13 bits per heavy atom. The molecule has 0 aromatic carbocycles. The van der Waals surface area contributed by atoms with Gasteiger partial charge in [-0.05, 0) is 43.9 Å². The van der Waals surface area contributed by atoms with E-state index < -0.39 is 0 Å². The van der Waals surface area contributed by atoms with Crippen LogP contribution < -0.4 is 0 Å². The topological polar surface area (TPSA) is 20.2 Å². The molecule has 2 rings (SSSR count). The van der Waals surface area contributed by atoms with Crippen molar-refractivity contribution >= 4 is 0 Å². The summed E-state index contributed by atoms with van der Waals surface area (Å²) < 4.78 is 0. The molecule has 0 amide bonds. The van der Waals surface area contributed by atoms with E-state index in [1.54, 1.807) is 0 Å². The van der Waals surface area contributed by atoms with Gasteiger partial charge in [-0.1, -0.05) is 37.8 Å². The molecule has 2 fully saturated rings. The van der Waals surface area contributed by atoms with Gasteiger partial charge in [0.25, 0.3) is 0 Å². The number of aliphatic hydroxyl groups excluding tert-OH is 1. The van der Waals surface area contributed by atoms with Crippen molar-refractivity contribution in [1.29, 1.82) is 0 Å². The maximum atomic E-state index is 10.0. The minimum atomic E-state index is -0.243. The SMILES string of the molecule is C=C(C)C(O)C1CCC2CCCCC2C1. The fourth-order valence-corrected chi connectivity index (χ4v) is 3.60. The summed E-state index contributed by atoms with van der Waals surface area (Å²) in [7, 11) is 0. The molecule has 1 nitrogen and oxygen atoms in total. The van der Waals surface area contributed by atoms with Crippen LogP contribution >= 0.6 is 0 Å². The van der Waals surface area contributed by atoms with E-state index >= 15 is 0 Å². The van der Waals surface area contributed by atoms with Gasteiger partial charge in [-0.2, -0.15) is 0 Å². The van der Waals surface area contributed by atoms with Crippen LogP contribution in [0.5, 0.6) is 0 Å². The molecule has 0 spiro atoms. The fraction of sp³-hybridized carbons (Fsp3) is 0.857. The molecular formula is C14H24O. The Kier molecular flexibility index (Phi) is 3.50. The predicted molar refractivity (Wildman–Crippen MR) is 63.6 cm³/mol. The Hall–Kier alpha value is -0.300. The molecule has 0 aliphatic heterocycles. The van der Waals surface area contributed by atoms with E-state index in [-0.39, 0.29) is 6.10 Å². The normalized spacial score (nSPS) is 38.1. The van der Waals surface area contributed by atoms with Crippen LogP contribution in [0.25, 0.3) is 0 Å². The van der Waals surface area contributed by atoms with E-state index in [1.807, 2.05) is 6.92 Å². The van der Waals surface area contributed by atoms with Crippen molar-refractivity contribution in [3.05, 3.63) is 12.2 Å². The van der Waals surface area contributed by atoms with Gasteiger partial charge >= 0.3 is 0 Å². The average molecular weight is 208 g/mol. The molecule has 0 aromatic rings. The molecule has 0 radical (unpaired) electrons. The van der Waals surface area contributed by atoms with Crippen molar-refractivity contribution in [2.24, 2.45) is 17.8 Å². The summed E-state index contributed by atoms with van der Waals surface area (Å²) in [5.74, 6) is 2.39. The molecule has 0 aromatic heterocycles. The van der Waals surface area contributed by atoms with Crippen LogP contribution in [0.2, 0.25) is 0 Å². The third-order valence-electron chi connectivity index (χ3n) is 4.53. The highest BCUT2D eigenvalue weighted by molar-refractivity contribution is 5.01. The summed E-state index contributed by atoms with van der Waals surface area (Å²) in [6, 6.07) is 0. The third-order valence-corrected chi connectivity index (χ3v) is 4.53.